The van der Waals surface area contributed by atoms with Crippen LogP contribution in [0.5, 0.6) is 0 Å². The summed E-state index contributed by atoms with van der Waals surface area (Å²) in [6, 6.07) is 3.04. The van der Waals surface area contributed by atoms with Gasteiger partial charge in [-0.3, -0.25) is 0 Å². The predicted octanol–water partition coefficient (Wildman–Crippen LogP) is 3.29. The number of aliphatic hydroxyl groups is 1. The van der Waals surface area contributed by atoms with E-state index in [0.29, 0.717) is 4.47 Å². The van der Waals surface area contributed by atoms with E-state index in [-0.39, 0.29) is 10.6 Å². The van der Waals surface area contributed by atoms with Crippen molar-refractivity contribution >= 4 is 27.5 Å². The lowest BCUT2D eigenvalue weighted by atomic mass is 10.1. The molecule has 0 heterocycles. The van der Waals surface area contributed by atoms with E-state index >= 15 is 0 Å². The Morgan fingerprint density at radius 3 is 2.58 bits per heavy atom. The molecule has 1 rings (SSSR count). The topological polar surface area (TPSA) is 20.2 Å². The molecule has 0 aliphatic heterocycles. The van der Waals surface area contributed by atoms with Crippen LogP contribution in [-0.2, 0) is 0 Å². The molecule has 1 aromatic rings. The van der Waals surface area contributed by atoms with Crippen molar-refractivity contribution in [1.82, 2.24) is 0 Å². The molecule has 0 aliphatic carbocycles. The standard InChI is InChI=1S/C8H7BrClFO/c1-4(12)7-5(9)2-3-6(10)8(7)11/h2-4,12H,1H3/t4-/m1/s1. The summed E-state index contributed by atoms with van der Waals surface area (Å²) in [6.45, 7) is 1.49. The maximum atomic E-state index is 13.2. The number of benzene rings is 1. The van der Waals surface area contributed by atoms with Crippen molar-refractivity contribution in [3.05, 3.63) is 33.0 Å². The van der Waals surface area contributed by atoms with Gasteiger partial charge >= 0.3 is 0 Å². The van der Waals surface area contributed by atoms with Gasteiger partial charge in [0.25, 0.3) is 0 Å². The molecule has 0 aromatic heterocycles. The molecule has 12 heavy (non-hydrogen) atoms. The SMILES string of the molecule is C[C@@H](O)c1c(Br)ccc(Cl)c1F. The molecule has 1 N–H and O–H groups in total. The van der Waals surface area contributed by atoms with Crippen molar-refractivity contribution in [2.45, 2.75) is 13.0 Å². The smallest absolute Gasteiger partial charge is 0.148 e. The quantitative estimate of drug-likeness (QED) is 0.762. The van der Waals surface area contributed by atoms with Crippen LogP contribution in [0.15, 0.2) is 16.6 Å². The summed E-state index contributed by atoms with van der Waals surface area (Å²) in [5.74, 6) is -0.568. The van der Waals surface area contributed by atoms with Crippen molar-refractivity contribution in [1.29, 1.82) is 0 Å². The van der Waals surface area contributed by atoms with Crippen molar-refractivity contribution in [3.8, 4) is 0 Å². The zero-order valence-electron chi connectivity index (χ0n) is 6.31. The maximum absolute atomic E-state index is 13.2. The van der Waals surface area contributed by atoms with Crippen LogP contribution in [0.3, 0.4) is 0 Å². The maximum Gasteiger partial charge on any atom is 0.148 e. The largest absolute Gasteiger partial charge is 0.389 e. The van der Waals surface area contributed by atoms with Crippen molar-refractivity contribution < 1.29 is 9.50 Å². The highest BCUT2D eigenvalue weighted by Crippen LogP contribution is 2.30. The molecule has 1 nitrogen and oxygen atoms in total. The molecule has 0 unspecified atom stereocenters. The second-order valence-corrected chi connectivity index (χ2v) is 3.69. The molecule has 0 fully saturated rings. The van der Waals surface area contributed by atoms with Gasteiger partial charge in [-0.15, -0.1) is 0 Å². The summed E-state index contributed by atoms with van der Waals surface area (Å²) >= 11 is 8.65. The third kappa shape index (κ3) is 1.79. The minimum Gasteiger partial charge on any atom is -0.389 e. The first-order valence-corrected chi connectivity index (χ1v) is 4.52. The monoisotopic (exact) mass is 252 g/mol. The lowest BCUT2D eigenvalue weighted by molar-refractivity contribution is 0.193. The summed E-state index contributed by atoms with van der Waals surface area (Å²) in [5, 5.41) is 9.20. The molecule has 0 bridgehead atoms. The fraction of sp³-hybridized carbons (Fsp3) is 0.250. The van der Waals surface area contributed by atoms with E-state index in [9.17, 15) is 9.50 Å². The van der Waals surface area contributed by atoms with E-state index in [2.05, 4.69) is 15.9 Å². The van der Waals surface area contributed by atoms with Crippen molar-refractivity contribution in [2.24, 2.45) is 0 Å². The van der Waals surface area contributed by atoms with E-state index in [1.165, 1.54) is 13.0 Å². The molecule has 0 amide bonds. The summed E-state index contributed by atoms with van der Waals surface area (Å²) < 4.78 is 13.7. The number of halogens is 3. The first kappa shape index (κ1) is 9.96. The van der Waals surface area contributed by atoms with Crippen LogP contribution in [0.2, 0.25) is 5.02 Å². The van der Waals surface area contributed by atoms with Crippen LogP contribution in [0, 0.1) is 5.82 Å². The van der Waals surface area contributed by atoms with Crippen LogP contribution < -0.4 is 0 Å². The Morgan fingerprint density at radius 1 is 1.58 bits per heavy atom. The van der Waals surface area contributed by atoms with Gasteiger partial charge in [0.15, 0.2) is 0 Å². The van der Waals surface area contributed by atoms with Gasteiger partial charge in [-0.2, -0.15) is 0 Å². The zero-order chi connectivity index (χ0) is 9.30. The highest BCUT2D eigenvalue weighted by Gasteiger charge is 2.14. The van der Waals surface area contributed by atoms with E-state index in [4.69, 9.17) is 11.6 Å². The first-order valence-electron chi connectivity index (χ1n) is 3.35. The summed E-state index contributed by atoms with van der Waals surface area (Å²) in [7, 11) is 0. The molecule has 66 valence electrons. The first-order chi connectivity index (χ1) is 5.54. The van der Waals surface area contributed by atoms with Gasteiger partial charge in [-0.25, -0.2) is 4.39 Å². The van der Waals surface area contributed by atoms with Gasteiger partial charge in [-0.1, -0.05) is 27.5 Å². The normalized spacial score (nSPS) is 13.1. The molecule has 0 spiro atoms. The second kappa shape index (κ2) is 3.73. The third-order valence-electron chi connectivity index (χ3n) is 1.50. The van der Waals surface area contributed by atoms with Crippen molar-refractivity contribution in [2.75, 3.05) is 0 Å². The Hall–Kier alpha value is -0.120. The fourth-order valence-corrected chi connectivity index (χ4v) is 1.73. The van der Waals surface area contributed by atoms with Gasteiger partial charge < -0.3 is 5.11 Å². The van der Waals surface area contributed by atoms with E-state index < -0.39 is 11.9 Å². The third-order valence-corrected chi connectivity index (χ3v) is 2.48. The van der Waals surface area contributed by atoms with Gasteiger partial charge in [0.1, 0.15) is 5.82 Å². The Kier molecular flexibility index (Phi) is 3.09. The molecular formula is C8H7BrClFO. The van der Waals surface area contributed by atoms with Crippen LogP contribution >= 0.6 is 27.5 Å². The molecule has 0 radical (unpaired) electrons. The minimum atomic E-state index is -0.863. The van der Waals surface area contributed by atoms with Crippen LogP contribution in [0.4, 0.5) is 4.39 Å². The summed E-state index contributed by atoms with van der Waals surface area (Å²) in [5.41, 5.74) is 0.197. The van der Waals surface area contributed by atoms with Gasteiger partial charge in [-0.05, 0) is 19.1 Å². The average molecular weight is 253 g/mol. The number of hydrogen-bond donors (Lipinski definition) is 1. The molecule has 4 heteroatoms. The highest BCUT2D eigenvalue weighted by molar-refractivity contribution is 9.10. The average Bonchev–Trinajstić information content (AvgIpc) is 1.97. The van der Waals surface area contributed by atoms with Crippen LogP contribution in [-0.4, -0.2) is 5.11 Å². The van der Waals surface area contributed by atoms with Gasteiger partial charge in [0, 0.05) is 10.0 Å². The predicted molar refractivity (Wildman–Crippen MR) is 49.7 cm³/mol. The van der Waals surface area contributed by atoms with Crippen molar-refractivity contribution in [3.63, 3.8) is 0 Å². The Morgan fingerprint density at radius 2 is 2.17 bits per heavy atom. The van der Waals surface area contributed by atoms with Gasteiger partial charge in [0.05, 0.1) is 11.1 Å². The summed E-state index contributed by atoms with van der Waals surface area (Å²) in [4.78, 5) is 0. The van der Waals surface area contributed by atoms with Crippen LogP contribution in [0.1, 0.15) is 18.6 Å². The zero-order valence-corrected chi connectivity index (χ0v) is 8.66. The molecule has 0 saturated heterocycles. The number of rotatable bonds is 1. The number of aliphatic hydroxyl groups excluding tert-OH is 1. The van der Waals surface area contributed by atoms with E-state index in [0.717, 1.165) is 0 Å². The molecule has 1 aromatic carbocycles. The number of hydrogen-bond acceptors (Lipinski definition) is 1. The summed E-state index contributed by atoms with van der Waals surface area (Å²) in [6.07, 6.45) is -0.863. The van der Waals surface area contributed by atoms with E-state index in [1.54, 1.807) is 6.07 Å². The highest BCUT2D eigenvalue weighted by atomic mass is 79.9. The second-order valence-electron chi connectivity index (χ2n) is 2.43. The Labute approximate surface area is 83.3 Å². The van der Waals surface area contributed by atoms with Gasteiger partial charge in [0.2, 0.25) is 0 Å². The Balaban J connectivity index is 3.33. The van der Waals surface area contributed by atoms with Crippen LogP contribution in [0.25, 0.3) is 0 Å². The Bertz CT molecular complexity index is 301. The lowest BCUT2D eigenvalue weighted by Gasteiger charge is -2.09. The molecule has 1 atom stereocenters. The van der Waals surface area contributed by atoms with E-state index in [1.807, 2.05) is 0 Å². The molecule has 0 saturated carbocycles. The fourth-order valence-electron chi connectivity index (χ4n) is 0.926. The minimum absolute atomic E-state index is 0.0223. The molecule has 0 aliphatic rings. The lowest BCUT2D eigenvalue weighted by Crippen LogP contribution is -1.97. The molecular weight excluding hydrogens is 246 g/mol.